The fourth-order valence-electron chi connectivity index (χ4n) is 11.7. The van der Waals surface area contributed by atoms with Gasteiger partial charge in [-0.25, -0.2) is 0 Å². The first-order chi connectivity index (χ1) is 24.2. The highest BCUT2D eigenvalue weighted by Gasteiger charge is 2.61. The molecule has 50 heavy (non-hydrogen) atoms. The SMILES string of the molecule is CC1(C)CCC(C)(C)c2cc(N(c3ccccc3)c3cccc4c3Oc3cc(-c5ccccc5)ccc3C43C4CC5CC(C4)CC3C5)ccc21. The van der Waals surface area contributed by atoms with Gasteiger partial charge in [-0.2, -0.15) is 0 Å². The van der Waals surface area contributed by atoms with Crippen molar-refractivity contribution in [1.29, 1.82) is 0 Å². The fraction of sp³-hybridized carbons (Fsp3) is 0.375. The molecule has 252 valence electrons. The summed E-state index contributed by atoms with van der Waals surface area (Å²) >= 11 is 0. The van der Waals surface area contributed by atoms with E-state index in [2.05, 4.69) is 148 Å². The summed E-state index contributed by atoms with van der Waals surface area (Å²) in [6, 6.07) is 43.4. The molecule has 4 bridgehead atoms. The maximum Gasteiger partial charge on any atom is 0.155 e. The molecule has 5 aromatic rings. The van der Waals surface area contributed by atoms with Gasteiger partial charge < -0.3 is 9.64 Å². The molecule has 1 spiro atoms. The van der Waals surface area contributed by atoms with Crippen LogP contribution in [0.4, 0.5) is 17.1 Å². The Morgan fingerprint density at radius 1 is 0.520 bits per heavy atom. The lowest BCUT2D eigenvalue weighted by molar-refractivity contribution is -0.0451. The zero-order chi connectivity index (χ0) is 33.8. The lowest BCUT2D eigenvalue weighted by Crippen LogP contribution is -2.57. The van der Waals surface area contributed by atoms with Crippen molar-refractivity contribution in [2.75, 3.05) is 4.90 Å². The summed E-state index contributed by atoms with van der Waals surface area (Å²) in [6.45, 7) is 9.71. The minimum absolute atomic E-state index is 0.0220. The monoisotopic (exact) mass is 655 g/mol. The highest BCUT2D eigenvalue weighted by molar-refractivity contribution is 5.84. The summed E-state index contributed by atoms with van der Waals surface area (Å²) < 4.78 is 7.37. The molecule has 0 atom stereocenters. The Balaban J connectivity index is 1.21. The molecule has 2 heteroatoms. The van der Waals surface area contributed by atoms with Crippen LogP contribution in [0.15, 0.2) is 115 Å². The van der Waals surface area contributed by atoms with Crippen LogP contribution in [0.1, 0.15) is 94.9 Å². The number of benzene rings is 5. The van der Waals surface area contributed by atoms with E-state index in [4.69, 9.17) is 4.74 Å². The van der Waals surface area contributed by atoms with Gasteiger partial charge in [0.05, 0.1) is 5.69 Å². The first-order valence-corrected chi connectivity index (χ1v) is 19.2. The van der Waals surface area contributed by atoms with Crippen molar-refractivity contribution in [2.45, 2.75) is 88.9 Å². The molecule has 2 nitrogen and oxygen atoms in total. The van der Waals surface area contributed by atoms with Crippen LogP contribution in [0, 0.1) is 23.7 Å². The highest BCUT2D eigenvalue weighted by Crippen LogP contribution is 2.70. The normalized spacial score (nSPS) is 27.6. The first kappa shape index (κ1) is 30.5. The Labute approximate surface area is 298 Å². The summed E-state index contributed by atoms with van der Waals surface area (Å²) in [4.78, 5) is 2.49. The average Bonchev–Trinajstić information content (AvgIpc) is 3.12. The molecule has 1 heterocycles. The second kappa shape index (κ2) is 10.8. The van der Waals surface area contributed by atoms with Gasteiger partial charge in [-0.3, -0.25) is 0 Å². The topological polar surface area (TPSA) is 12.5 Å². The van der Waals surface area contributed by atoms with Crippen molar-refractivity contribution in [3.05, 3.63) is 138 Å². The van der Waals surface area contributed by atoms with Crippen molar-refractivity contribution in [1.82, 2.24) is 0 Å². The van der Waals surface area contributed by atoms with Crippen molar-refractivity contribution in [3.63, 3.8) is 0 Å². The van der Waals surface area contributed by atoms with Crippen LogP contribution in [0.5, 0.6) is 11.5 Å². The molecular formula is C48H49NO. The Hall–Kier alpha value is -4.30. The lowest BCUT2D eigenvalue weighted by Gasteiger charge is -2.63. The highest BCUT2D eigenvalue weighted by atomic mass is 16.5. The van der Waals surface area contributed by atoms with E-state index in [-0.39, 0.29) is 16.2 Å². The number of nitrogens with zero attached hydrogens (tertiary/aromatic N) is 1. The first-order valence-electron chi connectivity index (χ1n) is 19.2. The van der Waals surface area contributed by atoms with Crippen LogP contribution in [0.25, 0.3) is 11.1 Å². The quantitative estimate of drug-likeness (QED) is 0.191. The van der Waals surface area contributed by atoms with Crippen LogP contribution in [-0.2, 0) is 16.2 Å². The van der Waals surface area contributed by atoms with Gasteiger partial charge in [0.2, 0.25) is 0 Å². The minimum atomic E-state index is -0.0220. The molecule has 0 saturated heterocycles. The van der Waals surface area contributed by atoms with E-state index >= 15 is 0 Å². The third-order valence-corrected chi connectivity index (χ3v) is 14.0. The smallest absolute Gasteiger partial charge is 0.155 e. The van der Waals surface area contributed by atoms with Gasteiger partial charge in [0.25, 0.3) is 0 Å². The molecule has 5 aromatic carbocycles. The van der Waals surface area contributed by atoms with Gasteiger partial charge in [-0.15, -0.1) is 0 Å². The van der Waals surface area contributed by atoms with Gasteiger partial charge >= 0.3 is 0 Å². The van der Waals surface area contributed by atoms with Crippen LogP contribution >= 0.6 is 0 Å². The Morgan fingerprint density at radius 3 is 1.86 bits per heavy atom. The summed E-state index contributed by atoms with van der Waals surface area (Å²) in [7, 11) is 0. The van der Waals surface area contributed by atoms with Crippen LogP contribution in [-0.4, -0.2) is 0 Å². The van der Waals surface area contributed by atoms with Crippen molar-refractivity contribution in [3.8, 4) is 22.6 Å². The van der Waals surface area contributed by atoms with E-state index in [0.29, 0.717) is 11.8 Å². The van der Waals surface area contributed by atoms with E-state index in [1.807, 2.05) is 0 Å². The summed E-state index contributed by atoms with van der Waals surface area (Å²) in [5.74, 6) is 5.17. The molecule has 5 aliphatic carbocycles. The van der Waals surface area contributed by atoms with Crippen molar-refractivity contribution in [2.24, 2.45) is 23.7 Å². The minimum Gasteiger partial charge on any atom is -0.454 e. The predicted molar refractivity (Wildman–Crippen MR) is 206 cm³/mol. The van der Waals surface area contributed by atoms with E-state index in [1.165, 1.54) is 89.7 Å². The zero-order valence-corrected chi connectivity index (χ0v) is 30.1. The lowest BCUT2D eigenvalue weighted by atomic mass is 9.41. The van der Waals surface area contributed by atoms with Gasteiger partial charge in [-0.05, 0) is 138 Å². The van der Waals surface area contributed by atoms with Crippen molar-refractivity contribution < 1.29 is 4.74 Å². The molecule has 4 fully saturated rings. The molecule has 6 aliphatic rings. The van der Waals surface area contributed by atoms with E-state index in [9.17, 15) is 0 Å². The molecular weight excluding hydrogens is 607 g/mol. The third kappa shape index (κ3) is 4.39. The van der Waals surface area contributed by atoms with Crippen LogP contribution in [0.2, 0.25) is 0 Å². The number of ether oxygens (including phenoxy) is 1. The Bertz CT molecular complexity index is 2080. The summed E-state index contributed by atoms with van der Waals surface area (Å²) in [6.07, 6.45) is 9.22. The molecule has 4 saturated carbocycles. The zero-order valence-electron chi connectivity index (χ0n) is 30.1. The number of hydrogen-bond acceptors (Lipinski definition) is 2. The maximum atomic E-state index is 7.37. The third-order valence-electron chi connectivity index (χ3n) is 14.0. The van der Waals surface area contributed by atoms with Crippen LogP contribution in [0.3, 0.4) is 0 Å². The molecule has 0 amide bonds. The number of rotatable bonds is 4. The fourth-order valence-corrected chi connectivity index (χ4v) is 11.7. The molecule has 0 aromatic heterocycles. The van der Waals surface area contributed by atoms with Gasteiger partial charge in [-0.1, -0.05) is 107 Å². The number of anilines is 3. The number of para-hydroxylation sites is 2. The Morgan fingerprint density at radius 2 is 1.16 bits per heavy atom. The second-order valence-electron chi connectivity index (χ2n) is 17.7. The van der Waals surface area contributed by atoms with E-state index in [1.54, 1.807) is 0 Å². The maximum absolute atomic E-state index is 7.37. The second-order valence-corrected chi connectivity index (χ2v) is 17.7. The standard InChI is InChI=1S/C48H49NO/c1-46(2)22-23-47(3,4)42-30-38(19-21-39(42)46)49(37-14-9-6-10-15-37)43-17-11-16-41-45(43)50-44-29-34(33-12-7-5-8-13-33)18-20-40(44)48(41)35-25-31-24-32(27-35)28-36(48)26-31/h5-21,29-32,35-36H,22-28H2,1-4H3. The molecule has 0 unspecified atom stereocenters. The number of hydrogen-bond donors (Lipinski definition) is 0. The largest absolute Gasteiger partial charge is 0.454 e. The van der Waals surface area contributed by atoms with E-state index in [0.717, 1.165) is 29.0 Å². The van der Waals surface area contributed by atoms with Crippen molar-refractivity contribution >= 4 is 17.1 Å². The summed E-state index contributed by atoms with van der Waals surface area (Å²) in [5, 5.41) is 0. The number of fused-ring (bicyclic) bond motifs is 3. The average molecular weight is 656 g/mol. The van der Waals surface area contributed by atoms with Gasteiger partial charge in [0.1, 0.15) is 5.75 Å². The molecule has 1 aliphatic heterocycles. The van der Waals surface area contributed by atoms with Gasteiger partial charge in [0.15, 0.2) is 5.75 Å². The molecule has 0 N–H and O–H groups in total. The molecule has 0 radical (unpaired) electrons. The predicted octanol–water partition coefficient (Wildman–Crippen LogP) is 13.0. The summed E-state index contributed by atoms with van der Waals surface area (Å²) in [5.41, 5.74) is 12.1. The Kier molecular flexibility index (Phi) is 6.62. The van der Waals surface area contributed by atoms with Crippen LogP contribution < -0.4 is 9.64 Å². The van der Waals surface area contributed by atoms with E-state index < -0.39 is 0 Å². The van der Waals surface area contributed by atoms with Gasteiger partial charge in [0, 0.05) is 27.9 Å². The molecule has 11 rings (SSSR count).